The molecule has 0 heterocycles. The lowest BCUT2D eigenvalue weighted by molar-refractivity contribution is 0.0786. The molecule has 0 radical (unpaired) electrons. The first-order valence-electron chi connectivity index (χ1n) is 5.79. The van der Waals surface area contributed by atoms with Crippen molar-refractivity contribution in [2.45, 2.75) is 0 Å². The zero-order valence-corrected chi connectivity index (χ0v) is 11.4. The van der Waals surface area contributed by atoms with Gasteiger partial charge in [-0.1, -0.05) is 0 Å². The SMILES string of the molecule is COc1cc(C(=O)N(C)CCN(C)C)ccc1N. The topological polar surface area (TPSA) is 58.8 Å². The van der Waals surface area contributed by atoms with Crippen LogP contribution >= 0.6 is 0 Å². The van der Waals surface area contributed by atoms with E-state index >= 15 is 0 Å². The molecule has 100 valence electrons. The lowest BCUT2D eigenvalue weighted by Crippen LogP contribution is -2.33. The van der Waals surface area contributed by atoms with Crippen LogP contribution in [0.1, 0.15) is 10.4 Å². The van der Waals surface area contributed by atoms with Crippen molar-refractivity contribution in [3.63, 3.8) is 0 Å². The molecular formula is C13H21N3O2. The first-order chi connectivity index (χ1) is 8.45. The van der Waals surface area contributed by atoms with Gasteiger partial charge in [-0.15, -0.1) is 0 Å². The Hall–Kier alpha value is -1.75. The van der Waals surface area contributed by atoms with Crippen molar-refractivity contribution in [3.8, 4) is 5.75 Å². The Kier molecular flexibility index (Phi) is 4.97. The van der Waals surface area contributed by atoms with Crippen molar-refractivity contribution in [2.24, 2.45) is 0 Å². The normalized spacial score (nSPS) is 10.5. The smallest absolute Gasteiger partial charge is 0.253 e. The second-order valence-electron chi connectivity index (χ2n) is 4.49. The van der Waals surface area contributed by atoms with Crippen LogP contribution in [0.4, 0.5) is 5.69 Å². The first kappa shape index (κ1) is 14.3. The van der Waals surface area contributed by atoms with Crippen LogP contribution < -0.4 is 10.5 Å². The fourth-order valence-corrected chi connectivity index (χ4v) is 1.52. The Morgan fingerprint density at radius 2 is 1.94 bits per heavy atom. The van der Waals surface area contributed by atoms with Gasteiger partial charge in [-0.2, -0.15) is 0 Å². The fraction of sp³-hybridized carbons (Fsp3) is 0.462. The molecular weight excluding hydrogens is 230 g/mol. The number of hydrogen-bond acceptors (Lipinski definition) is 4. The third-order valence-electron chi connectivity index (χ3n) is 2.71. The standard InChI is InChI=1S/C13H21N3O2/c1-15(2)7-8-16(3)13(17)10-5-6-11(14)12(9-10)18-4/h5-6,9H,7-8,14H2,1-4H3. The van der Waals surface area contributed by atoms with Gasteiger partial charge in [-0.3, -0.25) is 4.79 Å². The molecule has 0 saturated heterocycles. The van der Waals surface area contributed by atoms with Crippen LogP contribution in [-0.4, -0.2) is 57.0 Å². The molecule has 0 aliphatic rings. The summed E-state index contributed by atoms with van der Waals surface area (Å²) in [5, 5.41) is 0. The number of rotatable bonds is 5. The van der Waals surface area contributed by atoms with E-state index in [9.17, 15) is 4.79 Å². The third kappa shape index (κ3) is 3.63. The van der Waals surface area contributed by atoms with E-state index < -0.39 is 0 Å². The number of nitrogens with zero attached hydrogens (tertiary/aromatic N) is 2. The van der Waals surface area contributed by atoms with E-state index in [0.29, 0.717) is 23.5 Å². The predicted octanol–water partition coefficient (Wildman–Crippen LogP) is 0.911. The average molecular weight is 251 g/mol. The summed E-state index contributed by atoms with van der Waals surface area (Å²) in [5.74, 6) is 0.497. The largest absolute Gasteiger partial charge is 0.495 e. The molecule has 18 heavy (non-hydrogen) atoms. The number of nitrogen functional groups attached to an aromatic ring is 1. The van der Waals surface area contributed by atoms with E-state index in [2.05, 4.69) is 0 Å². The summed E-state index contributed by atoms with van der Waals surface area (Å²) in [6, 6.07) is 5.07. The number of benzene rings is 1. The van der Waals surface area contributed by atoms with Crippen LogP contribution in [0.2, 0.25) is 0 Å². The molecule has 0 spiro atoms. The molecule has 5 heteroatoms. The maximum Gasteiger partial charge on any atom is 0.253 e. The molecule has 0 aromatic heterocycles. The van der Waals surface area contributed by atoms with Crippen molar-refractivity contribution < 1.29 is 9.53 Å². The van der Waals surface area contributed by atoms with E-state index in [1.165, 1.54) is 7.11 Å². The van der Waals surface area contributed by atoms with Crippen LogP contribution in [0.15, 0.2) is 18.2 Å². The van der Waals surface area contributed by atoms with Crippen molar-refractivity contribution >= 4 is 11.6 Å². The van der Waals surface area contributed by atoms with Gasteiger partial charge in [0.2, 0.25) is 0 Å². The number of anilines is 1. The number of ether oxygens (including phenoxy) is 1. The lowest BCUT2D eigenvalue weighted by atomic mass is 10.1. The highest BCUT2D eigenvalue weighted by Gasteiger charge is 2.13. The lowest BCUT2D eigenvalue weighted by Gasteiger charge is -2.20. The highest BCUT2D eigenvalue weighted by atomic mass is 16.5. The Bertz CT molecular complexity index is 419. The van der Waals surface area contributed by atoms with Gasteiger partial charge in [0.05, 0.1) is 12.8 Å². The molecule has 0 saturated carbocycles. The monoisotopic (exact) mass is 251 g/mol. The molecule has 0 bridgehead atoms. The zero-order valence-electron chi connectivity index (χ0n) is 11.4. The second kappa shape index (κ2) is 6.26. The van der Waals surface area contributed by atoms with E-state index in [1.54, 1.807) is 30.1 Å². The Morgan fingerprint density at radius 3 is 2.50 bits per heavy atom. The molecule has 1 aromatic rings. The van der Waals surface area contributed by atoms with E-state index in [1.807, 2.05) is 19.0 Å². The van der Waals surface area contributed by atoms with E-state index in [4.69, 9.17) is 10.5 Å². The van der Waals surface area contributed by atoms with Crippen molar-refractivity contribution in [1.29, 1.82) is 0 Å². The number of likely N-dealkylation sites (N-methyl/N-ethyl adjacent to an activating group) is 2. The molecule has 0 fully saturated rings. The fourth-order valence-electron chi connectivity index (χ4n) is 1.52. The molecule has 1 aromatic carbocycles. The molecule has 1 amide bonds. The van der Waals surface area contributed by atoms with Gasteiger partial charge in [0, 0.05) is 25.7 Å². The van der Waals surface area contributed by atoms with Gasteiger partial charge < -0.3 is 20.3 Å². The molecule has 0 aliphatic heterocycles. The number of methoxy groups -OCH3 is 1. The van der Waals surface area contributed by atoms with Gasteiger partial charge in [0.25, 0.3) is 5.91 Å². The number of carbonyl (C=O) groups is 1. The van der Waals surface area contributed by atoms with Crippen LogP contribution in [0, 0.1) is 0 Å². The summed E-state index contributed by atoms with van der Waals surface area (Å²) in [4.78, 5) is 15.9. The zero-order chi connectivity index (χ0) is 13.7. The Balaban J connectivity index is 2.77. The maximum absolute atomic E-state index is 12.1. The molecule has 0 atom stereocenters. The number of carbonyl (C=O) groups excluding carboxylic acids is 1. The van der Waals surface area contributed by atoms with Gasteiger partial charge in [0.1, 0.15) is 5.75 Å². The third-order valence-corrected chi connectivity index (χ3v) is 2.71. The number of nitrogens with two attached hydrogens (primary N) is 1. The van der Waals surface area contributed by atoms with Crippen molar-refractivity contribution in [3.05, 3.63) is 23.8 Å². The quantitative estimate of drug-likeness (QED) is 0.790. The van der Waals surface area contributed by atoms with Crippen LogP contribution in [-0.2, 0) is 0 Å². The molecule has 2 N–H and O–H groups in total. The number of hydrogen-bond donors (Lipinski definition) is 1. The molecule has 0 aliphatic carbocycles. The van der Waals surface area contributed by atoms with Gasteiger partial charge in [0.15, 0.2) is 0 Å². The summed E-state index contributed by atoms with van der Waals surface area (Å²) in [7, 11) is 7.28. The summed E-state index contributed by atoms with van der Waals surface area (Å²) in [6.07, 6.45) is 0. The minimum absolute atomic E-state index is 0.0323. The molecule has 0 unspecified atom stereocenters. The van der Waals surface area contributed by atoms with Gasteiger partial charge in [-0.25, -0.2) is 0 Å². The van der Waals surface area contributed by atoms with Crippen molar-refractivity contribution in [2.75, 3.05) is 47.1 Å². The van der Waals surface area contributed by atoms with E-state index in [-0.39, 0.29) is 5.91 Å². The minimum atomic E-state index is -0.0323. The van der Waals surface area contributed by atoms with Crippen molar-refractivity contribution in [1.82, 2.24) is 9.80 Å². The summed E-state index contributed by atoms with van der Waals surface area (Å²) < 4.78 is 5.11. The van der Waals surface area contributed by atoms with Crippen LogP contribution in [0.3, 0.4) is 0 Å². The molecule has 1 rings (SSSR count). The maximum atomic E-state index is 12.1. The molecule has 5 nitrogen and oxygen atoms in total. The van der Waals surface area contributed by atoms with Crippen LogP contribution in [0.25, 0.3) is 0 Å². The predicted molar refractivity (Wildman–Crippen MR) is 72.9 cm³/mol. The minimum Gasteiger partial charge on any atom is -0.495 e. The highest BCUT2D eigenvalue weighted by Crippen LogP contribution is 2.22. The summed E-state index contributed by atoms with van der Waals surface area (Å²) >= 11 is 0. The average Bonchev–Trinajstić information content (AvgIpc) is 2.35. The Labute approximate surface area is 108 Å². The van der Waals surface area contributed by atoms with E-state index in [0.717, 1.165) is 6.54 Å². The number of amides is 1. The summed E-state index contributed by atoms with van der Waals surface area (Å²) in [5.41, 5.74) is 6.84. The summed E-state index contributed by atoms with van der Waals surface area (Å²) in [6.45, 7) is 1.51. The van der Waals surface area contributed by atoms with Gasteiger partial charge >= 0.3 is 0 Å². The Morgan fingerprint density at radius 1 is 1.28 bits per heavy atom. The van der Waals surface area contributed by atoms with Crippen LogP contribution in [0.5, 0.6) is 5.75 Å². The van der Waals surface area contributed by atoms with Gasteiger partial charge in [-0.05, 0) is 32.3 Å². The first-order valence-corrected chi connectivity index (χ1v) is 5.79. The highest BCUT2D eigenvalue weighted by molar-refractivity contribution is 5.95. The second-order valence-corrected chi connectivity index (χ2v) is 4.49.